The van der Waals surface area contributed by atoms with Gasteiger partial charge in [0.2, 0.25) is 10.0 Å². The van der Waals surface area contributed by atoms with E-state index in [1.54, 1.807) is 31.7 Å². The van der Waals surface area contributed by atoms with Crippen LogP contribution in [0.15, 0.2) is 39.9 Å². The minimum atomic E-state index is -3.47. The maximum Gasteiger partial charge on any atom is 0.250 e. The number of benzene rings is 1. The molecule has 1 heterocycles. The van der Waals surface area contributed by atoms with Gasteiger partial charge in [0, 0.05) is 6.54 Å². The zero-order valence-corrected chi connectivity index (χ0v) is 15.9. The first kappa shape index (κ1) is 18.8. The molecule has 0 aliphatic rings. The van der Waals surface area contributed by atoms with Crippen LogP contribution in [-0.2, 0) is 10.0 Å². The van der Waals surface area contributed by atoms with Crippen molar-refractivity contribution in [3.8, 4) is 11.5 Å². The minimum Gasteiger partial charge on any atom is -0.493 e. The van der Waals surface area contributed by atoms with Crippen molar-refractivity contribution in [3.63, 3.8) is 0 Å². The van der Waals surface area contributed by atoms with E-state index < -0.39 is 10.0 Å². The normalized spacial score (nSPS) is 13.0. The highest BCUT2D eigenvalue weighted by atomic mass is 32.2. The van der Waals surface area contributed by atoms with Crippen molar-refractivity contribution in [1.82, 2.24) is 4.72 Å². The molecule has 0 aliphatic heterocycles. The van der Waals surface area contributed by atoms with E-state index >= 15 is 0 Å². The Hall–Kier alpha value is -1.57. The number of nitrogens with one attached hydrogen (secondary N) is 1. The lowest BCUT2D eigenvalue weighted by Gasteiger charge is -2.22. The van der Waals surface area contributed by atoms with Gasteiger partial charge in [-0.1, -0.05) is 26.0 Å². The van der Waals surface area contributed by atoms with Gasteiger partial charge in [-0.3, -0.25) is 0 Å². The summed E-state index contributed by atoms with van der Waals surface area (Å²) in [6.07, 6.45) is 0. The predicted octanol–water partition coefficient (Wildman–Crippen LogP) is 3.48. The van der Waals surface area contributed by atoms with Gasteiger partial charge in [0.1, 0.15) is 4.21 Å². The molecule has 1 unspecified atom stereocenters. The smallest absolute Gasteiger partial charge is 0.250 e. The van der Waals surface area contributed by atoms with Crippen LogP contribution in [0.4, 0.5) is 0 Å². The van der Waals surface area contributed by atoms with E-state index in [0.29, 0.717) is 22.3 Å². The summed E-state index contributed by atoms with van der Waals surface area (Å²) in [4.78, 5) is 0. The van der Waals surface area contributed by atoms with E-state index in [1.807, 2.05) is 18.2 Å². The first-order valence-electron chi connectivity index (χ1n) is 7.64. The first-order valence-corrected chi connectivity index (χ1v) is 10.0. The average molecular weight is 370 g/mol. The van der Waals surface area contributed by atoms with Gasteiger partial charge >= 0.3 is 0 Å². The van der Waals surface area contributed by atoms with Crippen molar-refractivity contribution >= 4 is 21.4 Å². The third kappa shape index (κ3) is 4.28. The molecule has 1 atom stereocenters. The maximum atomic E-state index is 12.3. The summed E-state index contributed by atoms with van der Waals surface area (Å²) >= 11 is 1.21. The van der Waals surface area contributed by atoms with Gasteiger partial charge in [0.25, 0.3) is 0 Å². The molecule has 0 spiro atoms. The van der Waals surface area contributed by atoms with Crippen LogP contribution < -0.4 is 14.2 Å². The van der Waals surface area contributed by atoms with E-state index in [9.17, 15) is 8.42 Å². The monoisotopic (exact) mass is 369 g/mol. The Balaban J connectivity index is 2.21. The zero-order chi connectivity index (χ0) is 17.7. The molecule has 132 valence electrons. The maximum absolute atomic E-state index is 12.3. The number of hydrogen-bond donors (Lipinski definition) is 1. The molecule has 2 rings (SSSR count). The Morgan fingerprint density at radius 2 is 1.83 bits per heavy atom. The second kappa shape index (κ2) is 8.00. The SMILES string of the molecule is COc1ccc(C(CNS(=O)(=O)c2cccs2)C(C)C)cc1OC. The molecule has 0 saturated heterocycles. The van der Waals surface area contributed by atoms with Gasteiger partial charge in [-0.25, -0.2) is 13.1 Å². The number of ether oxygens (including phenoxy) is 2. The third-order valence-electron chi connectivity index (χ3n) is 3.89. The Morgan fingerprint density at radius 1 is 1.12 bits per heavy atom. The average Bonchev–Trinajstić information content (AvgIpc) is 3.09. The Bertz CT molecular complexity index is 755. The topological polar surface area (TPSA) is 64.6 Å². The van der Waals surface area contributed by atoms with Crippen LogP contribution in [0.2, 0.25) is 0 Å². The summed E-state index contributed by atoms with van der Waals surface area (Å²) in [6, 6.07) is 9.03. The summed E-state index contributed by atoms with van der Waals surface area (Å²) in [6.45, 7) is 4.47. The number of sulfonamides is 1. The van der Waals surface area contributed by atoms with Gasteiger partial charge in [-0.15, -0.1) is 11.3 Å². The standard InChI is InChI=1S/C17H23NO4S2/c1-12(2)14(11-18-24(19,20)17-6-5-9-23-17)13-7-8-15(21-3)16(10-13)22-4/h5-10,12,14,18H,11H2,1-4H3. The summed E-state index contributed by atoms with van der Waals surface area (Å²) in [7, 11) is -0.291. The molecule has 0 saturated carbocycles. The van der Waals surface area contributed by atoms with Crippen LogP contribution in [0, 0.1) is 5.92 Å². The van der Waals surface area contributed by atoms with Crippen LogP contribution in [0.1, 0.15) is 25.3 Å². The van der Waals surface area contributed by atoms with Crippen LogP contribution in [0.25, 0.3) is 0 Å². The summed E-state index contributed by atoms with van der Waals surface area (Å²) < 4.78 is 38.3. The number of hydrogen-bond acceptors (Lipinski definition) is 5. The van der Waals surface area contributed by atoms with Crippen LogP contribution in [0.5, 0.6) is 11.5 Å². The fourth-order valence-corrected chi connectivity index (χ4v) is 4.61. The molecule has 5 nitrogen and oxygen atoms in total. The molecular formula is C17H23NO4S2. The van der Waals surface area contributed by atoms with Crippen molar-refractivity contribution in [1.29, 1.82) is 0 Å². The molecule has 0 radical (unpaired) electrons. The molecule has 1 N–H and O–H groups in total. The summed E-state index contributed by atoms with van der Waals surface area (Å²) in [5, 5.41) is 1.75. The second-order valence-electron chi connectivity index (χ2n) is 5.75. The van der Waals surface area contributed by atoms with Crippen LogP contribution >= 0.6 is 11.3 Å². The number of thiophene rings is 1. The van der Waals surface area contributed by atoms with Gasteiger partial charge < -0.3 is 9.47 Å². The Morgan fingerprint density at radius 3 is 2.38 bits per heavy atom. The van der Waals surface area contributed by atoms with E-state index in [-0.39, 0.29) is 11.8 Å². The minimum absolute atomic E-state index is 0.0274. The molecule has 2 aromatic rings. The lowest BCUT2D eigenvalue weighted by Crippen LogP contribution is -2.30. The van der Waals surface area contributed by atoms with Gasteiger partial charge in [-0.2, -0.15) is 0 Å². The van der Waals surface area contributed by atoms with Crippen molar-refractivity contribution < 1.29 is 17.9 Å². The van der Waals surface area contributed by atoms with Gasteiger partial charge in [0.05, 0.1) is 14.2 Å². The lowest BCUT2D eigenvalue weighted by atomic mass is 9.88. The quantitative estimate of drug-likeness (QED) is 0.774. The highest BCUT2D eigenvalue weighted by Gasteiger charge is 2.22. The van der Waals surface area contributed by atoms with Crippen molar-refractivity contribution in [2.75, 3.05) is 20.8 Å². The largest absolute Gasteiger partial charge is 0.493 e. The number of methoxy groups -OCH3 is 2. The van der Waals surface area contributed by atoms with E-state index in [1.165, 1.54) is 11.3 Å². The first-order chi connectivity index (χ1) is 11.4. The zero-order valence-electron chi connectivity index (χ0n) is 14.3. The molecule has 0 fully saturated rings. The van der Waals surface area contributed by atoms with Gasteiger partial charge in [-0.05, 0) is 41.0 Å². The fraction of sp³-hybridized carbons (Fsp3) is 0.412. The molecule has 0 bridgehead atoms. The number of rotatable bonds is 8. The lowest BCUT2D eigenvalue weighted by molar-refractivity contribution is 0.353. The van der Waals surface area contributed by atoms with Crippen LogP contribution in [-0.4, -0.2) is 29.2 Å². The van der Waals surface area contributed by atoms with Crippen molar-refractivity contribution in [2.45, 2.75) is 24.0 Å². The predicted molar refractivity (Wildman–Crippen MR) is 96.6 cm³/mol. The second-order valence-corrected chi connectivity index (χ2v) is 8.69. The van der Waals surface area contributed by atoms with E-state index in [0.717, 1.165) is 5.56 Å². The molecule has 7 heteroatoms. The van der Waals surface area contributed by atoms with Gasteiger partial charge in [0.15, 0.2) is 11.5 Å². The third-order valence-corrected chi connectivity index (χ3v) is 6.71. The van der Waals surface area contributed by atoms with E-state index in [2.05, 4.69) is 18.6 Å². The van der Waals surface area contributed by atoms with Crippen LogP contribution in [0.3, 0.4) is 0 Å². The highest BCUT2D eigenvalue weighted by molar-refractivity contribution is 7.91. The molecule has 1 aromatic heterocycles. The molecule has 0 amide bonds. The molecule has 0 aliphatic carbocycles. The summed E-state index contributed by atoms with van der Waals surface area (Å²) in [5.74, 6) is 1.58. The molecular weight excluding hydrogens is 346 g/mol. The molecule has 1 aromatic carbocycles. The van der Waals surface area contributed by atoms with Crippen molar-refractivity contribution in [3.05, 3.63) is 41.3 Å². The molecule has 24 heavy (non-hydrogen) atoms. The summed E-state index contributed by atoms with van der Waals surface area (Å²) in [5.41, 5.74) is 1.01. The fourth-order valence-electron chi connectivity index (χ4n) is 2.51. The Labute approximate surface area is 147 Å². The Kier molecular flexibility index (Phi) is 6.26. The van der Waals surface area contributed by atoms with E-state index in [4.69, 9.17) is 9.47 Å². The van der Waals surface area contributed by atoms with Crippen molar-refractivity contribution in [2.24, 2.45) is 5.92 Å². The highest BCUT2D eigenvalue weighted by Crippen LogP contribution is 2.33.